The van der Waals surface area contributed by atoms with Crippen LogP contribution < -0.4 is 5.32 Å². The zero-order valence-electron chi connectivity index (χ0n) is 22.1. The van der Waals surface area contributed by atoms with Crippen LogP contribution in [0.3, 0.4) is 0 Å². The van der Waals surface area contributed by atoms with Gasteiger partial charge in [-0.05, 0) is 54.4 Å². The number of ether oxygens (including phenoxy) is 5. The van der Waals surface area contributed by atoms with E-state index in [4.69, 9.17) is 23.7 Å². The van der Waals surface area contributed by atoms with E-state index in [-0.39, 0.29) is 6.10 Å². The van der Waals surface area contributed by atoms with Crippen molar-refractivity contribution < 1.29 is 42.9 Å². The van der Waals surface area contributed by atoms with Crippen LogP contribution in [0.5, 0.6) is 0 Å². The Morgan fingerprint density at radius 3 is 1.74 bits per heavy atom. The second kappa shape index (κ2) is 12.0. The van der Waals surface area contributed by atoms with E-state index in [0.29, 0.717) is 12.8 Å². The van der Waals surface area contributed by atoms with Crippen LogP contribution in [0.1, 0.15) is 75.2 Å². The first-order chi connectivity index (χ1) is 15.6. The summed E-state index contributed by atoms with van der Waals surface area (Å²) in [5.74, 6) is -2.53. The normalized spacial score (nSPS) is 25.4. The molecule has 0 radical (unpaired) electrons. The van der Waals surface area contributed by atoms with Crippen molar-refractivity contribution in [3.8, 4) is 0 Å². The Labute approximate surface area is 202 Å². The summed E-state index contributed by atoms with van der Waals surface area (Å²) in [6.07, 6.45) is -4.25. The van der Waals surface area contributed by atoms with Gasteiger partial charge in [-0.15, -0.1) is 0 Å². The molecule has 10 heteroatoms. The molecule has 5 atom stereocenters. The first-order valence-corrected chi connectivity index (χ1v) is 11.6. The van der Waals surface area contributed by atoms with E-state index in [0.717, 1.165) is 0 Å². The molecule has 0 aromatic heterocycles. The Morgan fingerprint density at radius 1 is 0.882 bits per heavy atom. The molecule has 0 spiro atoms. The fraction of sp³-hybridized carbons (Fsp3) is 0.833. The molecule has 1 rings (SSSR count). The predicted octanol–water partition coefficient (Wildman–Crippen LogP) is 2.51. The highest BCUT2D eigenvalue weighted by Crippen LogP contribution is 2.32. The average molecular weight is 488 g/mol. The topological polar surface area (TPSA) is 126 Å². The maximum absolute atomic E-state index is 12.9. The zero-order chi connectivity index (χ0) is 26.4. The van der Waals surface area contributed by atoms with Crippen molar-refractivity contribution in [3.05, 3.63) is 0 Å². The molecule has 0 aromatic carbocycles. The number of methoxy groups -OCH3 is 1. The van der Waals surface area contributed by atoms with Crippen LogP contribution in [0, 0.1) is 10.8 Å². The molecule has 1 fully saturated rings. The minimum absolute atomic E-state index is 0.257. The van der Waals surface area contributed by atoms with Gasteiger partial charge in [0.2, 0.25) is 5.91 Å². The number of esters is 3. The maximum Gasteiger partial charge on any atom is 0.339 e. The highest BCUT2D eigenvalue weighted by atomic mass is 16.7. The summed E-state index contributed by atoms with van der Waals surface area (Å²) in [5.41, 5.74) is -1.84. The van der Waals surface area contributed by atoms with Crippen molar-refractivity contribution in [2.45, 2.75) is 112 Å². The molecule has 1 aliphatic rings. The van der Waals surface area contributed by atoms with Crippen molar-refractivity contribution in [1.29, 1.82) is 0 Å². The maximum atomic E-state index is 12.9. The van der Waals surface area contributed by atoms with Gasteiger partial charge in [0.15, 0.2) is 24.6 Å². The fourth-order valence-electron chi connectivity index (χ4n) is 3.19. The van der Waals surface area contributed by atoms with E-state index >= 15 is 0 Å². The Hall–Kier alpha value is -2.20. The highest BCUT2D eigenvalue weighted by Gasteiger charge is 2.55. The van der Waals surface area contributed by atoms with Crippen LogP contribution in [0.4, 0.5) is 0 Å². The Kier molecular flexibility index (Phi) is 10.5. The summed E-state index contributed by atoms with van der Waals surface area (Å²) >= 11 is 0. The number of amides is 1. The summed E-state index contributed by atoms with van der Waals surface area (Å²) < 4.78 is 28.4. The highest BCUT2D eigenvalue weighted by molar-refractivity contribution is 5.80. The summed E-state index contributed by atoms with van der Waals surface area (Å²) in [5, 5.41) is 2.70. The third-order valence-corrected chi connectivity index (χ3v) is 5.30. The van der Waals surface area contributed by atoms with Crippen molar-refractivity contribution >= 4 is 23.8 Å². The van der Waals surface area contributed by atoms with Crippen molar-refractivity contribution in [2.75, 3.05) is 7.11 Å². The summed E-state index contributed by atoms with van der Waals surface area (Å²) in [6.45, 7) is 15.1. The summed E-state index contributed by atoms with van der Waals surface area (Å²) in [7, 11) is 1.17. The van der Waals surface area contributed by atoms with E-state index < -0.39 is 65.3 Å². The molecule has 34 heavy (non-hydrogen) atoms. The Balaban J connectivity index is 3.61. The number of carbonyl (C=O) groups is 4. The average Bonchev–Trinajstić information content (AvgIpc) is 2.72. The standard InChI is InChI=1S/C24H41NO9/c1-11-14(12-2)31-20-15(25-13(3)26)16(33-21(28)23(4,5)6)17(18(32-20)19(27)30-10)34-22(29)24(7,8)9/h14-18,20H,11-12H2,1-10H3,(H,25,26)/t15-,16-,17+,18+,20-/m1/s1. The Morgan fingerprint density at radius 2 is 1.35 bits per heavy atom. The van der Waals surface area contributed by atoms with Gasteiger partial charge in [0.05, 0.1) is 24.0 Å². The minimum atomic E-state index is -1.45. The van der Waals surface area contributed by atoms with E-state index in [1.807, 2.05) is 13.8 Å². The molecular formula is C24H41NO9. The zero-order valence-corrected chi connectivity index (χ0v) is 22.1. The Bertz CT molecular complexity index is 734. The molecule has 1 heterocycles. The van der Waals surface area contributed by atoms with Crippen LogP contribution in [0.15, 0.2) is 0 Å². The molecule has 0 unspecified atom stereocenters. The van der Waals surface area contributed by atoms with Gasteiger partial charge in [-0.25, -0.2) is 4.79 Å². The molecule has 0 bridgehead atoms. The molecule has 0 aromatic rings. The van der Waals surface area contributed by atoms with E-state index in [1.54, 1.807) is 41.5 Å². The number of carbonyl (C=O) groups excluding carboxylic acids is 4. The van der Waals surface area contributed by atoms with Crippen LogP contribution >= 0.6 is 0 Å². The first-order valence-electron chi connectivity index (χ1n) is 11.6. The SMILES string of the molecule is CCC(CC)O[C@@H]1O[C@H](C(=O)OC)[C@@H](OC(=O)C(C)(C)C)[C@H](OC(=O)C(C)(C)C)[C@H]1NC(C)=O. The molecule has 0 aliphatic carbocycles. The van der Waals surface area contributed by atoms with Gasteiger partial charge in [-0.2, -0.15) is 0 Å². The molecule has 1 amide bonds. The van der Waals surface area contributed by atoms with Crippen molar-refractivity contribution in [3.63, 3.8) is 0 Å². The van der Waals surface area contributed by atoms with Crippen LogP contribution in [0.25, 0.3) is 0 Å². The quantitative estimate of drug-likeness (QED) is 0.406. The molecule has 0 saturated carbocycles. The largest absolute Gasteiger partial charge is 0.467 e. The van der Waals surface area contributed by atoms with Gasteiger partial charge >= 0.3 is 17.9 Å². The lowest BCUT2D eigenvalue weighted by Gasteiger charge is -2.46. The molecule has 196 valence electrons. The number of hydrogen-bond donors (Lipinski definition) is 1. The van der Waals surface area contributed by atoms with Crippen molar-refractivity contribution in [2.24, 2.45) is 10.8 Å². The predicted molar refractivity (Wildman–Crippen MR) is 122 cm³/mol. The van der Waals surface area contributed by atoms with Gasteiger partial charge in [-0.3, -0.25) is 14.4 Å². The third kappa shape index (κ3) is 7.94. The number of hydrogen-bond acceptors (Lipinski definition) is 9. The lowest BCUT2D eigenvalue weighted by atomic mass is 9.92. The number of rotatable bonds is 8. The number of nitrogens with one attached hydrogen (secondary N) is 1. The molecule has 1 N–H and O–H groups in total. The minimum Gasteiger partial charge on any atom is -0.467 e. The van der Waals surface area contributed by atoms with Gasteiger partial charge in [0.1, 0.15) is 6.04 Å². The van der Waals surface area contributed by atoms with E-state index in [9.17, 15) is 19.2 Å². The molecular weight excluding hydrogens is 446 g/mol. The summed E-state index contributed by atoms with van der Waals surface area (Å²) in [6, 6.07) is -1.05. The smallest absolute Gasteiger partial charge is 0.339 e. The van der Waals surface area contributed by atoms with Crippen LogP contribution in [0.2, 0.25) is 0 Å². The van der Waals surface area contributed by atoms with Crippen LogP contribution in [-0.2, 0) is 42.9 Å². The second-order valence-electron chi connectivity index (χ2n) is 10.5. The van der Waals surface area contributed by atoms with Gasteiger partial charge in [0, 0.05) is 6.92 Å². The fourth-order valence-corrected chi connectivity index (χ4v) is 3.19. The van der Waals surface area contributed by atoms with Gasteiger partial charge in [0.25, 0.3) is 0 Å². The third-order valence-electron chi connectivity index (χ3n) is 5.30. The lowest BCUT2D eigenvalue weighted by molar-refractivity contribution is -0.284. The van der Waals surface area contributed by atoms with Crippen LogP contribution in [-0.4, -0.2) is 67.7 Å². The second-order valence-corrected chi connectivity index (χ2v) is 10.5. The molecule has 10 nitrogen and oxygen atoms in total. The van der Waals surface area contributed by atoms with Gasteiger partial charge < -0.3 is 29.0 Å². The monoisotopic (exact) mass is 487 g/mol. The van der Waals surface area contributed by atoms with Gasteiger partial charge in [-0.1, -0.05) is 13.8 Å². The van der Waals surface area contributed by atoms with E-state index in [2.05, 4.69) is 5.32 Å². The summed E-state index contributed by atoms with van der Waals surface area (Å²) in [4.78, 5) is 50.5. The van der Waals surface area contributed by atoms with E-state index in [1.165, 1.54) is 14.0 Å². The van der Waals surface area contributed by atoms with Crippen molar-refractivity contribution in [1.82, 2.24) is 5.32 Å². The molecule has 1 aliphatic heterocycles. The first kappa shape index (κ1) is 29.8. The lowest BCUT2D eigenvalue weighted by Crippen LogP contribution is -2.68. The molecule has 1 saturated heterocycles.